The largest absolute Gasteiger partial charge is 0.412 e. The standard InChI is InChI=1S/C20H19N3O3S/c1-14(24)22-16-9-7-15(8-10-16)18-13-27-19(23-18)11-12-21-20(25)26-17-5-3-2-4-6-17/h2-10,13H,11-12H2,1H3,(H,21,25)(H,22,24). The predicted molar refractivity (Wildman–Crippen MR) is 106 cm³/mol. The number of aromatic nitrogens is 1. The van der Waals surface area contributed by atoms with Gasteiger partial charge in [0, 0.05) is 36.5 Å². The predicted octanol–water partition coefficient (Wildman–Crippen LogP) is 4.10. The highest BCUT2D eigenvalue weighted by atomic mass is 32.1. The van der Waals surface area contributed by atoms with E-state index in [1.54, 1.807) is 23.5 Å². The van der Waals surface area contributed by atoms with E-state index in [-0.39, 0.29) is 5.91 Å². The number of thiazole rings is 1. The van der Waals surface area contributed by atoms with Crippen molar-refractivity contribution < 1.29 is 14.3 Å². The summed E-state index contributed by atoms with van der Waals surface area (Å²) in [5.74, 6) is 0.409. The number of carbonyl (C=O) groups is 2. The molecule has 0 bridgehead atoms. The Hall–Kier alpha value is -3.19. The molecule has 0 radical (unpaired) electrons. The molecular formula is C20H19N3O3S. The molecule has 0 aliphatic carbocycles. The molecule has 0 aliphatic heterocycles. The van der Waals surface area contributed by atoms with Crippen molar-refractivity contribution in [2.45, 2.75) is 13.3 Å². The highest BCUT2D eigenvalue weighted by Gasteiger charge is 2.07. The van der Waals surface area contributed by atoms with Crippen molar-refractivity contribution in [3.05, 3.63) is 65.0 Å². The number of para-hydroxylation sites is 1. The lowest BCUT2D eigenvalue weighted by atomic mass is 10.1. The van der Waals surface area contributed by atoms with Crippen molar-refractivity contribution in [3.63, 3.8) is 0 Å². The summed E-state index contributed by atoms with van der Waals surface area (Å²) in [6.45, 7) is 1.92. The lowest BCUT2D eigenvalue weighted by Gasteiger charge is -2.05. The molecule has 0 spiro atoms. The van der Waals surface area contributed by atoms with Crippen LogP contribution in [0.5, 0.6) is 5.75 Å². The molecule has 0 fully saturated rings. The van der Waals surface area contributed by atoms with E-state index in [2.05, 4.69) is 15.6 Å². The Morgan fingerprint density at radius 2 is 1.81 bits per heavy atom. The number of hydrogen-bond donors (Lipinski definition) is 2. The zero-order valence-electron chi connectivity index (χ0n) is 14.8. The number of ether oxygens (including phenoxy) is 1. The van der Waals surface area contributed by atoms with E-state index in [1.807, 2.05) is 47.8 Å². The summed E-state index contributed by atoms with van der Waals surface area (Å²) in [6, 6.07) is 16.4. The molecule has 138 valence electrons. The molecule has 7 heteroatoms. The second-order valence-electron chi connectivity index (χ2n) is 5.76. The topological polar surface area (TPSA) is 80.3 Å². The van der Waals surface area contributed by atoms with Gasteiger partial charge in [-0.3, -0.25) is 4.79 Å². The number of nitrogens with one attached hydrogen (secondary N) is 2. The Morgan fingerprint density at radius 3 is 2.52 bits per heavy atom. The van der Waals surface area contributed by atoms with Gasteiger partial charge in [0.15, 0.2) is 0 Å². The van der Waals surface area contributed by atoms with Crippen molar-refractivity contribution in [1.29, 1.82) is 0 Å². The van der Waals surface area contributed by atoms with Crippen molar-refractivity contribution in [2.75, 3.05) is 11.9 Å². The molecule has 3 aromatic rings. The van der Waals surface area contributed by atoms with Crippen LogP contribution in [0.3, 0.4) is 0 Å². The average Bonchev–Trinajstić information content (AvgIpc) is 3.11. The fourth-order valence-corrected chi connectivity index (χ4v) is 3.20. The summed E-state index contributed by atoms with van der Waals surface area (Å²) < 4.78 is 5.17. The zero-order valence-corrected chi connectivity index (χ0v) is 15.6. The Labute approximate surface area is 161 Å². The zero-order chi connectivity index (χ0) is 19.1. The van der Waals surface area contributed by atoms with Gasteiger partial charge in [-0.2, -0.15) is 0 Å². The van der Waals surface area contributed by atoms with Gasteiger partial charge < -0.3 is 15.4 Å². The molecule has 0 saturated carbocycles. The quantitative estimate of drug-likeness (QED) is 0.674. The number of nitrogens with zero attached hydrogens (tertiary/aromatic N) is 1. The Kier molecular flexibility index (Phi) is 6.17. The number of carbonyl (C=O) groups excluding carboxylic acids is 2. The number of anilines is 1. The minimum Gasteiger partial charge on any atom is -0.410 e. The smallest absolute Gasteiger partial charge is 0.410 e. The molecule has 3 rings (SSSR count). The van der Waals surface area contributed by atoms with Crippen LogP contribution in [0.25, 0.3) is 11.3 Å². The highest BCUT2D eigenvalue weighted by molar-refractivity contribution is 7.09. The lowest BCUT2D eigenvalue weighted by molar-refractivity contribution is -0.114. The van der Waals surface area contributed by atoms with Crippen LogP contribution in [0.1, 0.15) is 11.9 Å². The van der Waals surface area contributed by atoms with Gasteiger partial charge in [0.05, 0.1) is 10.7 Å². The first-order chi connectivity index (χ1) is 13.1. The minimum atomic E-state index is -0.480. The van der Waals surface area contributed by atoms with Crippen molar-refractivity contribution in [3.8, 4) is 17.0 Å². The van der Waals surface area contributed by atoms with Crippen LogP contribution >= 0.6 is 11.3 Å². The Bertz CT molecular complexity index is 908. The maximum absolute atomic E-state index is 11.8. The number of rotatable bonds is 6. The van der Waals surface area contributed by atoms with E-state index < -0.39 is 6.09 Å². The third kappa shape index (κ3) is 5.65. The van der Waals surface area contributed by atoms with Crippen LogP contribution in [-0.4, -0.2) is 23.5 Å². The molecule has 0 atom stereocenters. The van der Waals surface area contributed by atoms with E-state index in [4.69, 9.17) is 4.74 Å². The van der Waals surface area contributed by atoms with E-state index >= 15 is 0 Å². The van der Waals surface area contributed by atoms with Crippen LogP contribution in [-0.2, 0) is 11.2 Å². The molecule has 0 saturated heterocycles. The Morgan fingerprint density at radius 1 is 1.07 bits per heavy atom. The van der Waals surface area contributed by atoms with Gasteiger partial charge in [0.2, 0.25) is 5.91 Å². The summed E-state index contributed by atoms with van der Waals surface area (Å²) in [6.07, 6.45) is 0.143. The van der Waals surface area contributed by atoms with Crippen LogP contribution < -0.4 is 15.4 Å². The summed E-state index contributed by atoms with van der Waals surface area (Å²) in [4.78, 5) is 27.4. The lowest BCUT2D eigenvalue weighted by Crippen LogP contribution is -2.28. The highest BCUT2D eigenvalue weighted by Crippen LogP contribution is 2.23. The van der Waals surface area contributed by atoms with E-state index in [0.717, 1.165) is 22.0 Å². The molecule has 1 heterocycles. The number of hydrogen-bond acceptors (Lipinski definition) is 5. The summed E-state index contributed by atoms with van der Waals surface area (Å²) in [5.41, 5.74) is 2.60. The van der Waals surface area contributed by atoms with E-state index in [9.17, 15) is 9.59 Å². The first-order valence-corrected chi connectivity index (χ1v) is 9.31. The van der Waals surface area contributed by atoms with Crippen molar-refractivity contribution >= 4 is 29.0 Å². The fourth-order valence-electron chi connectivity index (χ4n) is 2.39. The van der Waals surface area contributed by atoms with Gasteiger partial charge in [-0.05, 0) is 24.3 Å². The second-order valence-corrected chi connectivity index (χ2v) is 6.71. The fraction of sp³-hybridized carbons (Fsp3) is 0.150. The third-order valence-corrected chi connectivity index (χ3v) is 4.52. The van der Waals surface area contributed by atoms with Gasteiger partial charge in [0.25, 0.3) is 0 Å². The molecule has 6 nitrogen and oxygen atoms in total. The molecule has 0 aliphatic rings. The molecule has 2 aromatic carbocycles. The van der Waals surface area contributed by atoms with Crippen molar-refractivity contribution in [1.82, 2.24) is 10.3 Å². The number of benzene rings is 2. The normalized spacial score (nSPS) is 10.3. The van der Waals surface area contributed by atoms with Crippen LogP contribution in [0.2, 0.25) is 0 Å². The van der Waals surface area contributed by atoms with Gasteiger partial charge in [-0.25, -0.2) is 9.78 Å². The van der Waals surface area contributed by atoms with E-state index in [0.29, 0.717) is 18.7 Å². The Balaban J connectivity index is 1.49. The first-order valence-electron chi connectivity index (χ1n) is 8.43. The van der Waals surface area contributed by atoms with Crippen molar-refractivity contribution in [2.24, 2.45) is 0 Å². The van der Waals surface area contributed by atoms with E-state index in [1.165, 1.54) is 6.92 Å². The van der Waals surface area contributed by atoms with Gasteiger partial charge in [0.1, 0.15) is 5.75 Å². The van der Waals surface area contributed by atoms with Crippen LogP contribution in [0.4, 0.5) is 10.5 Å². The maximum Gasteiger partial charge on any atom is 0.412 e. The second kappa shape index (κ2) is 8.95. The van der Waals surface area contributed by atoms with Gasteiger partial charge in [-0.1, -0.05) is 30.3 Å². The minimum absolute atomic E-state index is 0.100. The molecule has 2 N–H and O–H groups in total. The molecule has 1 aromatic heterocycles. The molecule has 27 heavy (non-hydrogen) atoms. The summed E-state index contributed by atoms with van der Waals surface area (Å²) in [5, 5.41) is 8.36. The summed E-state index contributed by atoms with van der Waals surface area (Å²) >= 11 is 1.54. The molecule has 0 unspecified atom stereocenters. The maximum atomic E-state index is 11.8. The molecule has 2 amide bonds. The first kappa shape index (κ1) is 18.6. The van der Waals surface area contributed by atoms with Gasteiger partial charge >= 0.3 is 6.09 Å². The average molecular weight is 381 g/mol. The van der Waals surface area contributed by atoms with Gasteiger partial charge in [-0.15, -0.1) is 11.3 Å². The van der Waals surface area contributed by atoms with Crippen LogP contribution in [0, 0.1) is 0 Å². The van der Waals surface area contributed by atoms with Crippen LogP contribution in [0.15, 0.2) is 60.0 Å². The monoisotopic (exact) mass is 381 g/mol. The molecular weight excluding hydrogens is 362 g/mol. The summed E-state index contributed by atoms with van der Waals surface area (Å²) in [7, 11) is 0. The SMILES string of the molecule is CC(=O)Nc1ccc(-c2csc(CCNC(=O)Oc3ccccc3)n2)cc1. The third-order valence-electron chi connectivity index (χ3n) is 3.61. The number of amides is 2.